The third-order valence-electron chi connectivity index (χ3n) is 5.84. The molecule has 1 aromatic heterocycles. The molecule has 4 rings (SSSR count). The predicted octanol–water partition coefficient (Wildman–Crippen LogP) is 6.35. The highest BCUT2D eigenvalue weighted by Crippen LogP contribution is 2.35. The Kier molecular flexibility index (Phi) is 9.33. The lowest BCUT2D eigenvalue weighted by Gasteiger charge is -2.12. The highest BCUT2D eigenvalue weighted by molar-refractivity contribution is 8.26. The summed E-state index contributed by atoms with van der Waals surface area (Å²) in [6.45, 7) is 3.80. The van der Waals surface area contributed by atoms with Crippen LogP contribution < -0.4 is 4.74 Å². The molecule has 0 aliphatic carbocycles. The minimum absolute atomic E-state index is 0.104. The number of thiocarbonyl (C=S) groups is 1. The van der Waals surface area contributed by atoms with E-state index in [1.165, 1.54) is 31.0 Å². The van der Waals surface area contributed by atoms with Crippen LogP contribution in [0.4, 0.5) is 0 Å². The minimum Gasteiger partial charge on any atom is -0.494 e. The first-order valence-electron chi connectivity index (χ1n) is 12.2. The zero-order valence-corrected chi connectivity index (χ0v) is 22.3. The maximum absolute atomic E-state index is 13.0. The van der Waals surface area contributed by atoms with Crippen LogP contribution in [0.3, 0.4) is 0 Å². The molecule has 0 atom stereocenters. The Morgan fingerprint density at radius 1 is 1.03 bits per heavy atom. The van der Waals surface area contributed by atoms with Crippen molar-refractivity contribution in [2.24, 2.45) is 0 Å². The quantitative estimate of drug-likeness (QED) is 0.157. The van der Waals surface area contributed by atoms with Crippen molar-refractivity contribution >= 4 is 40.3 Å². The van der Waals surface area contributed by atoms with Crippen LogP contribution in [0.1, 0.15) is 38.2 Å². The Morgan fingerprint density at radius 3 is 2.53 bits per heavy atom. The SMILES string of the molecule is CCCCCCOc1ccc(-c2nn(-c3ccccc3)cc2/C=C2\SC(=S)N(CCOC)C2=O)cc1. The number of methoxy groups -OCH3 is 1. The van der Waals surface area contributed by atoms with Crippen LogP contribution in [0.5, 0.6) is 5.75 Å². The van der Waals surface area contributed by atoms with Gasteiger partial charge in [0.25, 0.3) is 5.91 Å². The molecule has 36 heavy (non-hydrogen) atoms. The molecular weight excluding hydrogens is 490 g/mol. The lowest BCUT2D eigenvalue weighted by molar-refractivity contribution is -0.122. The number of benzene rings is 2. The van der Waals surface area contributed by atoms with Gasteiger partial charge in [0.2, 0.25) is 0 Å². The summed E-state index contributed by atoms with van der Waals surface area (Å²) in [6.07, 6.45) is 8.52. The fourth-order valence-corrected chi connectivity index (χ4v) is 5.17. The van der Waals surface area contributed by atoms with Gasteiger partial charge in [-0.2, -0.15) is 5.10 Å². The Labute approximate surface area is 222 Å². The lowest BCUT2D eigenvalue weighted by atomic mass is 10.1. The smallest absolute Gasteiger partial charge is 0.266 e. The summed E-state index contributed by atoms with van der Waals surface area (Å²) in [6, 6.07) is 17.9. The molecule has 1 fully saturated rings. The van der Waals surface area contributed by atoms with E-state index in [1.807, 2.05) is 71.6 Å². The van der Waals surface area contributed by atoms with Gasteiger partial charge in [-0.3, -0.25) is 9.69 Å². The fraction of sp³-hybridized carbons (Fsp3) is 0.321. The van der Waals surface area contributed by atoms with Gasteiger partial charge in [-0.05, 0) is 48.9 Å². The lowest BCUT2D eigenvalue weighted by Crippen LogP contribution is -2.31. The van der Waals surface area contributed by atoms with Gasteiger partial charge in [-0.15, -0.1) is 0 Å². The zero-order chi connectivity index (χ0) is 25.3. The summed E-state index contributed by atoms with van der Waals surface area (Å²) in [5, 5.41) is 4.88. The molecule has 8 heteroatoms. The van der Waals surface area contributed by atoms with E-state index in [4.69, 9.17) is 26.8 Å². The molecule has 0 saturated carbocycles. The molecular formula is C28H31N3O3S2. The standard InChI is InChI=1S/C28H31N3O3S2/c1-3-4-5-9-17-34-24-14-12-21(13-15-24)26-22(20-31(29-26)23-10-7-6-8-11-23)19-25-27(32)30(16-18-33-2)28(35)36-25/h6-8,10-15,19-20H,3-5,9,16-18H2,1-2H3/b25-19-. The van der Waals surface area contributed by atoms with Crippen molar-refractivity contribution in [2.45, 2.75) is 32.6 Å². The Balaban J connectivity index is 1.61. The summed E-state index contributed by atoms with van der Waals surface area (Å²) < 4.78 is 13.4. The second kappa shape index (κ2) is 12.9. The summed E-state index contributed by atoms with van der Waals surface area (Å²) >= 11 is 6.75. The molecule has 188 valence electrons. The van der Waals surface area contributed by atoms with Crippen molar-refractivity contribution in [3.8, 4) is 22.7 Å². The van der Waals surface area contributed by atoms with Gasteiger partial charge >= 0.3 is 0 Å². The van der Waals surface area contributed by atoms with Crippen molar-refractivity contribution < 1.29 is 14.3 Å². The van der Waals surface area contributed by atoms with Gasteiger partial charge in [0.05, 0.1) is 36.0 Å². The van der Waals surface area contributed by atoms with Crippen LogP contribution in [0.25, 0.3) is 23.0 Å². The number of nitrogens with zero attached hydrogens (tertiary/aromatic N) is 3. The first kappa shape index (κ1) is 26.1. The monoisotopic (exact) mass is 521 g/mol. The van der Waals surface area contributed by atoms with Gasteiger partial charge in [-0.25, -0.2) is 4.68 Å². The van der Waals surface area contributed by atoms with E-state index in [2.05, 4.69) is 6.92 Å². The number of thioether (sulfide) groups is 1. The van der Waals surface area contributed by atoms with Crippen LogP contribution in [-0.4, -0.2) is 51.8 Å². The average molecular weight is 522 g/mol. The summed E-state index contributed by atoms with van der Waals surface area (Å²) in [5.41, 5.74) is 3.53. The second-order valence-electron chi connectivity index (χ2n) is 8.47. The van der Waals surface area contributed by atoms with Crippen molar-refractivity contribution in [1.29, 1.82) is 0 Å². The fourth-order valence-electron chi connectivity index (χ4n) is 3.87. The van der Waals surface area contributed by atoms with E-state index in [-0.39, 0.29) is 5.91 Å². The molecule has 2 aromatic carbocycles. The number of unbranched alkanes of at least 4 members (excludes halogenated alkanes) is 3. The Bertz CT molecular complexity index is 1210. The van der Waals surface area contributed by atoms with Crippen LogP contribution in [0, 0.1) is 0 Å². The molecule has 0 bridgehead atoms. The summed E-state index contributed by atoms with van der Waals surface area (Å²) in [5.74, 6) is 0.741. The molecule has 3 aromatic rings. The Morgan fingerprint density at radius 2 is 1.81 bits per heavy atom. The number of ether oxygens (including phenoxy) is 2. The van der Waals surface area contributed by atoms with Gasteiger partial charge in [0.15, 0.2) is 0 Å². The Hall–Kier alpha value is -2.94. The molecule has 1 amide bonds. The zero-order valence-electron chi connectivity index (χ0n) is 20.7. The molecule has 1 aliphatic heterocycles. The van der Waals surface area contributed by atoms with Crippen molar-refractivity contribution in [3.05, 3.63) is 71.3 Å². The molecule has 2 heterocycles. The molecule has 1 aliphatic rings. The van der Waals surface area contributed by atoms with Crippen molar-refractivity contribution in [2.75, 3.05) is 26.9 Å². The van der Waals surface area contributed by atoms with Crippen molar-refractivity contribution in [1.82, 2.24) is 14.7 Å². The van der Waals surface area contributed by atoms with Crippen LogP contribution in [-0.2, 0) is 9.53 Å². The van der Waals surface area contributed by atoms with E-state index in [1.54, 1.807) is 12.0 Å². The molecule has 0 spiro atoms. The van der Waals surface area contributed by atoms with E-state index in [0.29, 0.717) is 22.4 Å². The van der Waals surface area contributed by atoms with Crippen LogP contribution >= 0.6 is 24.0 Å². The number of rotatable bonds is 12. The van der Waals surface area contributed by atoms with E-state index in [9.17, 15) is 4.79 Å². The second-order valence-corrected chi connectivity index (χ2v) is 10.1. The number of amides is 1. The minimum atomic E-state index is -0.104. The van der Waals surface area contributed by atoms with Crippen LogP contribution in [0.15, 0.2) is 65.7 Å². The van der Waals surface area contributed by atoms with Gasteiger partial charge in [0, 0.05) is 24.4 Å². The third-order valence-corrected chi connectivity index (χ3v) is 7.21. The van der Waals surface area contributed by atoms with Gasteiger partial charge in [-0.1, -0.05) is 68.4 Å². The number of para-hydroxylation sites is 1. The average Bonchev–Trinajstić information content (AvgIpc) is 3.44. The summed E-state index contributed by atoms with van der Waals surface area (Å²) in [4.78, 5) is 15.2. The molecule has 0 unspecified atom stereocenters. The summed E-state index contributed by atoms with van der Waals surface area (Å²) in [7, 11) is 1.61. The highest BCUT2D eigenvalue weighted by atomic mass is 32.2. The predicted molar refractivity (Wildman–Crippen MR) is 150 cm³/mol. The first-order valence-corrected chi connectivity index (χ1v) is 13.5. The number of carbonyl (C=O) groups is 1. The van der Waals surface area contributed by atoms with E-state index >= 15 is 0 Å². The normalized spacial score (nSPS) is 14.7. The highest BCUT2D eigenvalue weighted by Gasteiger charge is 2.32. The van der Waals surface area contributed by atoms with E-state index < -0.39 is 0 Å². The van der Waals surface area contributed by atoms with Crippen molar-refractivity contribution in [3.63, 3.8) is 0 Å². The number of hydrogen-bond donors (Lipinski definition) is 0. The first-order chi connectivity index (χ1) is 17.6. The molecule has 6 nitrogen and oxygen atoms in total. The number of hydrogen-bond acceptors (Lipinski definition) is 6. The molecule has 1 saturated heterocycles. The van der Waals surface area contributed by atoms with E-state index in [0.717, 1.165) is 41.3 Å². The number of aromatic nitrogens is 2. The largest absolute Gasteiger partial charge is 0.494 e. The maximum atomic E-state index is 13.0. The maximum Gasteiger partial charge on any atom is 0.266 e. The third kappa shape index (κ3) is 6.43. The van der Waals surface area contributed by atoms with Gasteiger partial charge in [0.1, 0.15) is 10.1 Å². The van der Waals surface area contributed by atoms with Gasteiger partial charge < -0.3 is 9.47 Å². The number of carbonyl (C=O) groups excluding carboxylic acids is 1. The topological polar surface area (TPSA) is 56.6 Å². The van der Waals surface area contributed by atoms with Crippen LogP contribution in [0.2, 0.25) is 0 Å². The molecule has 0 N–H and O–H groups in total. The molecule has 0 radical (unpaired) electrons.